The zero-order chi connectivity index (χ0) is 19.1. The van der Waals surface area contributed by atoms with Crippen LogP contribution in [0, 0.1) is 5.92 Å². The first-order valence-corrected chi connectivity index (χ1v) is 9.19. The van der Waals surface area contributed by atoms with Gasteiger partial charge in [-0.05, 0) is 38.4 Å². The van der Waals surface area contributed by atoms with E-state index in [1.54, 1.807) is 12.1 Å². The van der Waals surface area contributed by atoms with Crippen molar-refractivity contribution in [1.82, 2.24) is 20.4 Å². The first kappa shape index (κ1) is 19.0. The van der Waals surface area contributed by atoms with E-state index in [-0.39, 0.29) is 24.3 Å². The van der Waals surface area contributed by atoms with Gasteiger partial charge in [-0.2, -0.15) is 4.98 Å². The number of aromatic nitrogens is 2. The van der Waals surface area contributed by atoms with E-state index in [4.69, 9.17) is 9.26 Å². The van der Waals surface area contributed by atoms with Crippen LogP contribution in [0.5, 0.6) is 0 Å². The molecule has 0 saturated carbocycles. The molecule has 3 rings (SSSR count). The normalized spacial score (nSPS) is 17.4. The molecule has 1 saturated heterocycles. The van der Waals surface area contributed by atoms with Crippen LogP contribution in [-0.2, 0) is 22.6 Å². The van der Waals surface area contributed by atoms with Crippen molar-refractivity contribution in [3.05, 3.63) is 47.6 Å². The van der Waals surface area contributed by atoms with Crippen molar-refractivity contribution in [2.75, 3.05) is 19.7 Å². The fraction of sp³-hybridized carbons (Fsp3) is 0.474. The minimum absolute atomic E-state index is 0.105. The van der Waals surface area contributed by atoms with E-state index < -0.39 is 0 Å². The number of hydrogen-bond acceptors (Lipinski definition) is 7. The van der Waals surface area contributed by atoms with Crippen LogP contribution in [0.25, 0.3) is 0 Å². The first-order valence-electron chi connectivity index (χ1n) is 9.19. The van der Waals surface area contributed by atoms with Gasteiger partial charge in [0, 0.05) is 12.1 Å². The zero-order valence-corrected chi connectivity index (χ0v) is 15.4. The maximum atomic E-state index is 12.0. The smallest absolute Gasteiger partial charge is 0.310 e. The Morgan fingerprint density at radius 2 is 2.15 bits per heavy atom. The average Bonchev–Trinajstić information content (AvgIpc) is 3.14. The first-order chi connectivity index (χ1) is 13.2. The highest BCUT2D eigenvalue weighted by Crippen LogP contribution is 2.19. The van der Waals surface area contributed by atoms with Crippen LogP contribution in [0.4, 0.5) is 0 Å². The molecule has 1 atom stereocenters. The van der Waals surface area contributed by atoms with Gasteiger partial charge in [0.05, 0.1) is 25.6 Å². The molecule has 27 heavy (non-hydrogen) atoms. The second-order valence-corrected chi connectivity index (χ2v) is 6.48. The van der Waals surface area contributed by atoms with Crippen LogP contribution in [0.15, 0.2) is 34.9 Å². The summed E-state index contributed by atoms with van der Waals surface area (Å²) in [5.41, 5.74) is 0.583. The molecule has 0 unspecified atom stereocenters. The number of esters is 1. The molecule has 0 spiro atoms. The van der Waals surface area contributed by atoms with Crippen molar-refractivity contribution in [2.24, 2.45) is 5.92 Å². The highest BCUT2D eigenvalue weighted by molar-refractivity contribution is 5.93. The lowest BCUT2D eigenvalue weighted by Crippen LogP contribution is -2.39. The molecular formula is C19H24N4O4. The summed E-state index contributed by atoms with van der Waals surface area (Å²) in [6, 6.07) is 8.96. The molecule has 8 nitrogen and oxygen atoms in total. The molecule has 0 radical (unpaired) electrons. The van der Waals surface area contributed by atoms with Gasteiger partial charge < -0.3 is 14.6 Å². The molecule has 0 bridgehead atoms. The quantitative estimate of drug-likeness (QED) is 0.740. The van der Waals surface area contributed by atoms with E-state index in [2.05, 4.69) is 20.4 Å². The molecule has 1 aliphatic rings. The van der Waals surface area contributed by atoms with Gasteiger partial charge in [-0.3, -0.25) is 14.5 Å². The monoisotopic (exact) mass is 372 g/mol. The fourth-order valence-corrected chi connectivity index (χ4v) is 3.12. The predicted octanol–water partition coefficient (Wildman–Crippen LogP) is 1.77. The number of nitrogens with one attached hydrogen (secondary N) is 1. The lowest BCUT2D eigenvalue weighted by molar-refractivity contribution is -0.150. The van der Waals surface area contributed by atoms with Gasteiger partial charge in [-0.15, -0.1) is 0 Å². The highest BCUT2D eigenvalue weighted by atomic mass is 16.5. The lowest BCUT2D eigenvalue weighted by Gasteiger charge is -2.30. The number of piperidine rings is 1. The van der Waals surface area contributed by atoms with Crippen molar-refractivity contribution < 1.29 is 18.8 Å². The third-order valence-electron chi connectivity index (χ3n) is 4.44. The summed E-state index contributed by atoms with van der Waals surface area (Å²) in [6.45, 7) is 4.39. The van der Waals surface area contributed by atoms with Gasteiger partial charge in [-0.1, -0.05) is 23.4 Å². The highest BCUT2D eigenvalue weighted by Gasteiger charge is 2.27. The van der Waals surface area contributed by atoms with E-state index in [0.29, 0.717) is 37.0 Å². The van der Waals surface area contributed by atoms with Gasteiger partial charge >= 0.3 is 5.97 Å². The van der Waals surface area contributed by atoms with Crippen molar-refractivity contribution >= 4 is 11.9 Å². The number of benzene rings is 1. The van der Waals surface area contributed by atoms with Gasteiger partial charge in [0.1, 0.15) is 0 Å². The number of amides is 1. The molecule has 1 fully saturated rings. The van der Waals surface area contributed by atoms with Gasteiger partial charge in [0.2, 0.25) is 5.89 Å². The van der Waals surface area contributed by atoms with E-state index in [9.17, 15) is 9.59 Å². The van der Waals surface area contributed by atoms with Crippen LogP contribution in [0.2, 0.25) is 0 Å². The molecular weight excluding hydrogens is 348 g/mol. The Morgan fingerprint density at radius 1 is 1.33 bits per heavy atom. The minimum atomic E-state index is -0.185. The van der Waals surface area contributed by atoms with Crippen molar-refractivity contribution in [3.63, 3.8) is 0 Å². The molecule has 2 aromatic rings. The molecule has 1 aromatic carbocycles. The average molecular weight is 372 g/mol. The third-order valence-corrected chi connectivity index (χ3v) is 4.44. The lowest BCUT2D eigenvalue weighted by atomic mass is 9.98. The van der Waals surface area contributed by atoms with E-state index >= 15 is 0 Å². The predicted molar refractivity (Wildman–Crippen MR) is 96.5 cm³/mol. The third kappa shape index (κ3) is 5.37. The number of carbonyl (C=O) groups is 2. The number of hydrogen-bond donors (Lipinski definition) is 1. The number of ether oxygens (including phenoxy) is 1. The molecule has 1 aromatic heterocycles. The van der Waals surface area contributed by atoms with Crippen molar-refractivity contribution in [2.45, 2.75) is 32.9 Å². The van der Waals surface area contributed by atoms with Gasteiger partial charge in [-0.25, -0.2) is 0 Å². The summed E-state index contributed by atoms with van der Waals surface area (Å²) in [4.78, 5) is 30.4. The minimum Gasteiger partial charge on any atom is -0.466 e. The Bertz CT molecular complexity index is 762. The van der Waals surface area contributed by atoms with E-state index in [0.717, 1.165) is 19.4 Å². The zero-order valence-electron chi connectivity index (χ0n) is 15.4. The van der Waals surface area contributed by atoms with Crippen molar-refractivity contribution in [1.29, 1.82) is 0 Å². The molecule has 1 N–H and O–H groups in total. The number of rotatable bonds is 7. The number of carbonyl (C=O) groups excluding carboxylic acids is 2. The van der Waals surface area contributed by atoms with E-state index in [1.165, 1.54) is 0 Å². The van der Waals surface area contributed by atoms with Crippen LogP contribution >= 0.6 is 0 Å². The van der Waals surface area contributed by atoms with Crippen LogP contribution in [-0.4, -0.2) is 46.6 Å². The summed E-state index contributed by atoms with van der Waals surface area (Å²) in [6.07, 6.45) is 1.77. The Labute approximate surface area is 157 Å². The Morgan fingerprint density at radius 3 is 2.93 bits per heavy atom. The largest absolute Gasteiger partial charge is 0.466 e. The summed E-state index contributed by atoms with van der Waals surface area (Å²) < 4.78 is 10.4. The number of likely N-dealkylation sites (tertiary alicyclic amines) is 1. The maximum absolute atomic E-state index is 12.0. The SMILES string of the molecule is CCOC(=O)[C@@H]1CCCN(Cc2nc(CNC(=O)c3ccccc3)no2)C1. The van der Waals surface area contributed by atoms with Gasteiger partial charge in [0.25, 0.3) is 5.91 Å². The molecule has 144 valence electrons. The Kier molecular flexibility index (Phi) is 6.54. The summed E-state index contributed by atoms with van der Waals surface area (Å²) >= 11 is 0. The van der Waals surface area contributed by atoms with Crippen molar-refractivity contribution in [3.8, 4) is 0 Å². The molecule has 1 aliphatic heterocycles. The van der Waals surface area contributed by atoms with Gasteiger partial charge in [0.15, 0.2) is 5.82 Å². The van der Waals surface area contributed by atoms with Crippen LogP contribution < -0.4 is 5.32 Å². The molecule has 1 amide bonds. The standard InChI is InChI=1S/C19H24N4O4/c1-2-26-19(25)15-9-6-10-23(12-15)13-17-21-16(22-27-17)11-20-18(24)14-7-4-3-5-8-14/h3-5,7-8,15H,2,6,9-13H2,1H3,(H,20,24)/t15-/m1/s1. The summed E-state index contributed by atoms with van der Waals surface area (Å²) in [5, 5.41) is 6.68. The molecule has 0 aliphatic carbocycles. The number of nitrogens with zero attached hydrogens (tertiary/aromatic N) is 3. The Hall–Kier alpha value is -2.74. The maximum Gasteiger partial charge on any atom is 0.310 e. The summed E-state index contributed by atoms with van der Waals surface area (Å²) in [5.74, 6) is 0.468. The van der Waals surface area contributed by atoms with Crippen LogP contribution in [0.3, 0.4) is 0 Å². The molecule has 2 heterocycles. The molecule has 8 heteroatoms. The Balaban J connectivity index is 1.49. The van der Waals surface area contributed by atoms with E-state index in [1.807, 2.05) is 25.1 Å². The summed E-state index contributed by atoms with van der Waals surface area (Å²) in [7, 11) is 0. The second kappa shape index (κ2) is 9.27. The topological polar surface area (TPSA) is 97.6 Å². The van der Waals surface area contributed by atoms with Crippen LogP contribution in [0.1, 0.15) is 41.8 Å². The second-order valence-electron chi connectivity index (χ2n) is 6.48. The fourth-order valence-electron chi connectivity index (χ4n) is 3.12.